The molecule has 0 aliphatic carbocycles. The Morgan fingerprint density at radius 1 is 1.30 bits per heavy atom. The van der Waals surface area contributed by atoms with E-state index in [-0.39, 0.29) is 59.4 Å². The molecule has 1 radical (unpaired) electrons. The molecule has 0 heterocycles. The maximum absolute atomic E-state index is 4.71. The van der Waals surface area contributed by atoms with E-state index in [9.17, 15) is 0 Å². The molecule has 0 saturated heterocycles. The van der Waals surface area contributed by atoms with Gasteiger partial charge in [0.2, 0.25) is 0 Å². The van der Waals surface area contributed by atoms with Crippen LogP contribution in [0, 0.1) is 49.4 Å². The fourth-order valence-corrected chi connectivity index (χ4v) is 0. The average Bonchev–Trinajstić information content (AvgIpc) is 1.75. The van der Waals surface area contributed by atoms with Gasteiger partial charge in [-0.25, -0.2) is 0 Å². The van der Waals surface area contributed by atoms with Gasteiger partial charge in [-0.15, -0.1) is 12.6 Å². The van der Waals surface area contributed by atoms with Gasteiger partial charge < -0.3 is 19.6 Å². The van der Waals surface area contributed by atoms with Gasteiger partial charge in [-0.2, -0.15) is 13.8 Å². The third kappa shape index (κ3) is 195. The first-order chi connectivity index (χ1) is 3.73. The Labute approximate surface area is 116 Å². The van der Waals surface area contributed by atoms with E-state index in [1.54, 1.807) is 13.8 Å². The van der Waals surface area contributed by atoms with Crippen molar-refractivity contribution in [3.05, 3.63) is 13.8 Å². The summed E-state index contributed by atoms with van der Waals surface area (Å²) in [4.78, 5) is 0. The Kier molecular flexibility index (Phi) is 129. The third-order valence-electron chi connectivity index (χ3n) is 0. The van der Waals surface area contributed by atoms with E-state index in [2.05, 4.69) is 38.7 Å². The summed E-state index contributed by atoms with van der Waals surface area (Å²) in [6, 6.07) is 0. The molecule has 0 rings (SSSR count). The van der Waals surface area contributed by atoms with Crippen LogP contribution in [-0.2, 0) is 19.5 Å². The first kappa shape index (κ1) is 29.6. The molecule has 0 amide bonds. The Morgan fingerprint density at radius 2 is 1.30 bits per heavy atom. The van der Waals surface area contributed by atoms with Crippen LogP contribution in [0.1, 0.15) is 13.8 Å². The third-order valence-corrected chi connectivity index (χ3v) is 0. The number of hydrogen-bond donors (Lipinski definition) is 2. The largest absolute Gasteiger partial charge is 0.385 e. The van der Waals surface area contributed by atoms with Crippen molar-refractivity contribution in [1.29, 1.82) is 0 Å². The van der Waals surface area contributed by atoms with Gasteiger partial charge in [0.15, 0.2) is 0 Å². The van der Waals surface area contributed by atoms with Crippen molar-refractivity contribution in [2.45, 2.75) is 13.8 Å². The van der Waals surface area contributed by atoms with E-state index in [1.165, 1.54) is 0 Å². The molecule has 0 atom stereocenters. The quantitative estimate of drug-likeness (QED) is 0.300. The number of thiocarbonyl (C=S) groups is 1. The van der Waals surface area contributed by atoms with Crippen molar-refractivity contribution in [1.82, 2.24) is 0 Å². The molecule has 0 fully saturated rings. The van der Waals surface area contributed by atoms with E-state index in [0.717, 1.165) is 0 Å². The summed E-state index contributed by atoms with van der Waals surface area (Å²) in [5.74, 6) is 0. The molecule has 0 spiro atoms. The maximum atomic E-state index is 4.71. The predicted molar refractivity (Wildman–Crippen MR) is 47.8 cm³/mol. The second kappa shape index (κ2) is 43.7. The van der Waals surface area contributed by atoms with Gasteiger partial charge in [0.05, 0.1) is 0 Å². The van der Waals surface area contributed by atoms with Gasteiger partial charge in [0.1, 0.15) is 4.32 Å². The molecular weight excluding hydrogens is 342 g/mol. The first-order valence-corrected chi connectivity index (χ1v) is 2.99. The smallest absolute Gasteiger partial charge is 0.128 e. The van der Waals surface area contributed by atoms with Gasteiger partial charge in [-0.3, -0.25) is 0 Å². The molecule has 57 valence electrons. The van der Waals surface area contributed by atoms with Crippen molar-refractivity contribution >= 4 is 29.2 Å². The van der Waals surface area contributed by atoms with Crippen LogP contribution in [-0.4, -0.2) is 4.32 Å². The Morgan fingerprint density at radius 3 is 1.30 bits per heavy atom. The first-order valence-electron chi connectivity index (χ1n) is 2.13. The van der Waals surface area contributed by atoms with Crippen molar-refractivity contribution in [2.75, 3.05) is 0 Å². The van der Waals surface area contributed by atoms with Gasteiger partial charge in [-0.1, -0.05) is 12.2 Å². The van der Waals surface area contributed by atoms with Crippen molar-refractivity contribution in [2.24, 2.45) is 5.73 Å². The van der Waals surface area contributed by atoms with Crippen molar-refractivity contribution in [3.8, 4) is 0 Å². The van der Waals surface area contributed by atoms with E-state index < -0.39 is 0 Å². The van der Waals surface area contributed by atoms with E-state index in [1.807, 2.05) is 0 Å². The maximum Gasteiger partial charge on any atom is 0.128 e. The van der Waals surface area contributed by atoms with Crippen LogP contribution in [0.15, 0.2) is 0 Å². The average molecular weight is 356 g/mol. The molecule has 0 aromatic heterocycles. The molecule has 0 aliphatic rings. The zero-order valence-electron chi connectivity index (χ0n) is 6.63. The van der Waals surface area contributed by atoms with E-state index >= 15 is 0 Å². The van der Waals surface area contributed by atoms with Crippen LogP contribution < -0.4 is 5.73 Å². The number of thiol groups is 1. The Balaban J connectivity index is -0.0000000125. The zero-order valence-corrected chi connectivity index (χ0v) is 14.9. The predicted octanol–water partition coefficient (Wildman–Crippen LogP) is 1.84. The van der Waals surface area contributed by atoms with Gasteiger partial charge in [-0.05, 0) is 0 Å². The summed E-state index contributed by atoms with van der Waals surface area (Å²) in [5.41, 5.74) is 4.71. The van der Waals surface area contributed by atoms with Crippen LogP contribution in [0.4, 0.5) is 0 Å². The fraction of sp³-hybridized carbons (Fsp3) is 0.400. The summed E-state index contributed by atoms with van der Waals surface area (Å²) < 4.78 is 0.194. The summed E-state index contributed by atoms with van der Waals surface area (Å²) in [7, 11) is 0. The minimum Gasteiger partial charge on any atom is -0.385 e. The number of hydrogen-bond acceptors (Lipinski definition) is 1. The molecule has 10 heavy (non-hydrogen) atoms. The fourth-order valence-electron chi connectivity index (χ4n) is 0. The van der Waals surface area contributed by atoms with Crippen molar-refractivity contribution < 1.29 is 55.1 Å². The molecule has 0 aromatic rings. The molecule has 0 unspecified atom stereocenters. The monoisotopic (exact) mass is 354 g/mol. The molecule has 0 saturated carbocycles. The van der Waals surface area contributed by atoms with Crippen molar-refractivity contribution in [3.63, 3.8) is 0 Å². The van der Waals surface area contributed by atoms with E-state index in [4.69, 9.17) is 5.73 Å². The van der Waals surface area contributed by atoms with Gasteiger partial charge >= 0.3 is 0 Å². The topological polar surface area (TPSA) is 26.0 Å². The molecule has 2 N–H and O–H groups in total. The molecule has 1 nitrogen and oxygen atoms in total. The normalized spacial score (nSPS) is 3.70. The SMILES string of the molecule is NC(=S)S.[CH2-]C.[CH2-]C.[La].[Zn]. The summed E-state index contributed by atoms with van der Waals surface area (Å²) in [5, 5.41) is 0. The minimum atomic E-state index is 0. The van der Waals surface area contributed by atoms with Crippen LogP contribution >= 0.6 is 24.8 Å². The minimum absolute atomic E-state index is 0. The standard InChI is InChI=1S/2C2H5.CH3NS2.La.Zn/c2*1-2;2-1(3)4;;/h2*1H2,2H3;(H3,2,3,4);;/q2*-1;;;. The number of nitrogens with two attached hydrogens (primary N) is 1. The summed E-state index contributed by atoms with van der Waals surface area (Å²) >= 11 is 7.65. The Hall–Kier alpha value is 2.06. The second-order valence-corrected chi connectivity index (χ2v) is 1.56. The van der Waals surface area contributed by atoms with Gasteiger partial charge in [0.25, 0.3) is 0 Å². The van der Waals surface area contributed by atoms with Gasteiger partial charge in [0, 0.05) is 55.1 Å². The Bertz CT molecular complexity index is 42.6. The number of rotatable bonds is 0. The van der Waals surface area contributed by atoms with Crippen LogP contribution in [0.5, 0.6) is 0 Å². The van der Waals surface area contributed by atoms with Crippen LogP contribution in [0.3, 0.4) is 0 Å². The molecule has 5 heteroatoms. The van der Waals surface area contributed by atoms with E-state index in [0.29, 0.717) is 0 Å². The molecule has 0 aliphatic heterocycles. The second-order valence-electron chi connectivity index (χ2n) is 0.338. The molecular formula is C5H13LaNS2Zn-2. The summed E-state index contributed by atoms with van der Waals surface area (Å²) in [6.07, 6.45) is 0. The molecule has 0 bridgehead atoms. The summed E-state index contributed by atoms with van der Waals surface area (Å²) in [6.45, 7) is 10.0. The van der Waals surface area contributed by atoms with Crippen LogP contribution in [0.25, 0.3) is 0 Å². The molecule has 0 aromatic carbocycles. The van der Waals surface area contributed by atoms with Crippen LogP contribution in [0.2, 0.25) is 0 Å². The zero-order chi connectivity index (χ0) is 7.58.